The van der Waals surface area contributed by atoms with E-state index in [0.717, 1.165) is 41.4 Å². The van der Waals surface area contributed by atoms with Crippen LogP contribution in [0.2, 0.25) is 0 Å². The molecule has 0 radical (unpaired) electrons. The van der Waals surface area contributed by atoms with E-state index >= 15 is 0 Å². The molecule has 0 bridgehead atoms. The van der Waals surface area contributed by atoms with Crippen LogP contribution in [0.5, 0.6) is 0 Å². The van der Waals surface area contributed by atoms with Crippen LogP contribution in [0.15, 0.2) is 65.1 Å². The summed E-state index contributed by atoms with van der Waals surface area (Å²) >= 11 is 0. The molecule has 120 valence electrons. The monoisotopic (exact) mass is 328 g/mol. The largest absolute Gasteiger partial charge is 0.440 e. The molecule has 0 amide bonds. The third kappa shape index (κ3) is 4.21. The first-order valence-corrected chi connectivity index (χ1v) is 7.49. The molecule has 4 heteroatoms. The van der Waals surface area contributed by atoms with Gasteiger partial charge in [0.05, 0.1) is 0 Å². The van der Waals surface area contributed by atoms with E-state index in [1.54, 1.807) is 0 Å². The van der Waals surface area contributed by atoms with E-state index in [1.165, 1.54) is 0 Å². The van der Waals surface area contributed by atoms with Gasteiger partial charge in [0.2, 0.25) is 0 Å². The Bertz CT molecular complexity index is 667. The lowest BCUT2D eigenvalue weighted by molar-refractivity contribution is 0.386. The minimum atomic E-state index is 0. The van der Waals surface area contributed by atoms with E-state index in [0.29, 0.717) is 0 Å². The van der Waals surface area contributed by atoms with Crippen molar-refractivity contribution >= 4 is 12.4 Å². The standard InChI is InChI=1S/C19H20N2O.ClH/c1-21(2)14-13-17-20-18(15-9-5-3-6-10-15)19(22-17)16-11-7-4-8-12-16;/h3-12H,13-14H2,1-2H3;1H. The van der Waals surface area contributed by atoms with Crippen LogP contribution in [0.3, 0.4) is 0 Å². The van der Waals surface area contributed by atoms with E-state index in [4.69, 9.17) is 9.40 Å². The van der Waals surface area contributed by atoms with Gasteiger partial charge in [-0.05, 0) is 14.1 Å². The smallest absolute Gasteiger partial charge is 0.196 e. The fourth-order valence-electron chi connectivity index (χ4n) is 2.37. The summed E-state index contributed by atoms with van der Waals surface area (Å²) in [6, 6.07) is 20.4. The van der Waals surface area contributed by atoms with Crippen LogP contribution in [0.4, 0.5) is 0 Å². The lowest BCUT2D eigenvalue weighted by Crippen LogP contribution is -2.15. The van der Waals surface area contributed by atoms with Crippen molar-refractivity contribution in [3.05, 3.63) is 66.6 Å². The molecule has 3 rings (SSSR count). The van der Waals surface area contributed by atoms with Crippen LogP contribution >= 0.6 is 12.4 Å². The second kappa shape index (κ2) is 7.95. The maximum absolute atomic E-state index is 6.07. The van der Waals surface area contributed by atoms with Crippen LogP contribution in [-0.4, -0.2) is 30.5 Å². The Morgan fingerprint density at radius 3 is 2.00 bits per heavy atom. The van der Waals surface area contributed by atoms with E-state index in [9.17, 15) is 0 Å². The van der Waals surface area contributed by atoms with Crippen LogP contribution in [0.1, 0.15) is 5.89 Å². The molecule has 3 nitrogen and oxygen atoms in total. The fourth-order valence-corrected chi connectivity index (χ4v) is 2.37. The van der Waals surface area contributed by atoms with Crippen molar-refractivity contribution < 1.29 is 4.42 Å². The molecule has 0 spiro atoms. The van der Waals surface area contributed by atoms with Crippen LogP contribution in [0, 0.1) is 0 Å². The normalized spacial score (nSPS) is 10.6. The minimum absolute atomic E-state index is 0. The predicted octanol–water partition coefficient (Wildman–Crippen LogP) is 4.53. The number of hydrogen-bond acceptors (Lipinski definition) is 3. The summed E-state index contributed by atoms with van der Waals surface area (Å²) < 4.78 is 6.07. The molecule has 0 aliphatic rings. The molecular formula is C19H21ClN2O. The molecule has 0 atom stereocenters. The van der Waals surface area contributed by atoms with Gasteiger partial charge in [0.25, 0.3) is 0 Å². The molecule has 1 heterocycles. The van der Waals surface area contributed by atoms with Gasteiger partial charge in [0.15, 0.2) is 11.7 Å². The zero-order valence-corrected chi connectivity index (χ0v) is 14.2. The van der Waals surface area contributed by atoms with Crippen LogP contribution in [-0.2, 0) is 6.42 Å². The maximum Gasteiger partial charge on any atom is 0.196 e. The second-order valence-corrected chi connectivity index (χ2v) is 5.57. The first-order chi connectivity index (χ1) is 10.7. The van der Waals surface area contributed by atoms with E-state index in [1.807, 2.05) is 36.4 Å². The zero-order chi connectivity index (χ0) is 15.4. The number of rotatable bonds is 5. The highest BCUT2D eigenvalue weighted by atomic mass is 35.5. The Labute approximate surface area is 143 Å². The maximum atomic E-state index is 6.07. The van der Waals surface area contributed by atoms with Gasteiger partial charge in [0, 0.05) is 24.1 Å². The third-order valence-corrected chi connectivity index (χ3v) is 3.53. The van der Waals surface area contributed by atoms with E-state index < -0.39 is 0 Å². The number of nitrogens with zero attached hydrogens (tertiary/aromatic N) is 2. The van der Waals surface area contributed by atoms with Crippen LogP contribution in [0.25, 0.3) is 22.6 Å². The van der Waals surface area contributed by atoms with Gasteiger partial charge in [0.1, 0.15) is 5.69 Å². The summed E-state index contributed by atoms with van der Waals surface area (Å²) in [6.45, 7) is 0.920. The van der Waals surface area contributed by atoms with Crippen molar-refractivity contribution in [3.8, 4) is 22.6 Å². The first kappa shape index (κ1) is 17.3. The minimum Gasteiger partial charge on any atom is -0.440 e. The van der Waals surface area contributed by atoms with Crippen molar-refractivity contribution in [1.82, 2.24) is 9.88 Å². The first-order valence-electron chi connectivity index (χ1n) is 7.49. The molecule has 0 aliphatic carbocycles. The molecule has 2 aromatic carbocycles. The lowest BCUT2D eigenvalue weighted by atomic mass is 10.1. The molecule has 0 N–H and O–H groups in total. The topological polar surface area (TPSA) is 29.3 Å². The van der Waals surface area contributed by atoms with Crippen molar-refractivity contribution in [1.29, 1.82) is 0 Å². The average molecular weight is 329 g/mol. The highest BCUT2D eigenvalue weighted by molar-refractivity contribution is 5.85. The summed E-state index contributed by atoms with van der Waals surface area (Å²) in [4.78, 5) is 6.87. The van der Waals surface area contributed by atoms with Crippen molar-refractivity contribution in [2.24, 2.45) is 0 Å². The van der Waals surface area contributed by atoms with Gasteiger partial charge in [-0.1, -0.05) is 60.7 Å². The van der Waals surface area contributed by atoms with E-state index in [-0.39, 0.29) is 12.4 Å². The number of aromatic nitrogens is 1. The van der Waals surface area contributed by atoms with E-state index in [2.05, 4.69) is 43.3 Å². The van der Waals surface area contributed by atoms with Gasteiger partial charge >= 0.3 is 0 Å². The SMILES string of the molecule is CN(C)CCc1nc(-c2ccccc2)c(-c2ccccc2)o1.Cl. The van der Waals surface area contributed by atoms with Gasteiger partial charge in [-0.2, -0.15) is 0 Å². The average Bonchev–Trinajstić information content (AvgIpc) is 2.99. The van der Waals surface area contributed by atoms with Gasteiger partial charge < -0.3 is 9.32 Å². The van der Waals surface area contributed by atoms with Gasteiger partial charge in [-0.15, -0.1) is 12.4 Å². The van der Waals surface area contributed by atoms with Crippen molar-refractivity contribution in [3.63, 3.8) is 0 Å². The highest BCUT2D eigenvalue weighted by Crippen LogP contribution is 2.32. The number of halogens is 1. The Hall–Kier alpha value is -2.10. The summed E-state index contributed by atoms with van der Waals surface area (Å²) in [5, 5.41) is 0. The molecule has 0 saturated heterocycles. The molecule has 0 unspecified atom stereocenters. The van der Waals surface area contributed by atoms with Crippen molar-refractivity contribution in [2.45, 2.75) is 6.42 Å². The molecule has 23 heavy (non-hydrogen) atoms. The zero-order valence-electron chi connectivity index (χ0n) is 13.4. The molecule has 0 aliphatic heterocycles. The Morgan fingerprint density at radius 2 is 1.43 bits per heavy atom. The number of likely N-dealkylation sites (N-methyl/N-ethyl adjacent to an activating group) is 1. The van der Waals surface area contributed by atoms with Gasteiger partial charge in [-0.25, -0.2) is 4.98 Å². The molecule has 3 aromatic rings. The Morgan fingerprint density at radius 1 is 0.870 bits per heavy atom. The number of benzene rings is 2. The summed E-state index contributed by atoms with van der Waals surface area (Å²) in [7, 11) is 4.11. The molecular weight excluding hydrogens is 308 g/mol. The summed E-state index contributed by atoms with van der Waals surface area (Å²) in [5.41, 5.74) is 3.06. The van der Waals surface area contributed by atoms with Crippen molar-refractivity contribution in [2.75, 3.05) is 20.6 Å². The summed E-state index contributed by atoms with van der Waals surface area (Å²) in [5.74, 6) is 1.63. The quantitative estimate of drug-likeness (QED) is 0.689. The number of hydrogen-bond donors (Lipinski definition) is 0. The Kier molecular flexibility index (Phi) is 5.97. The molecule has 0 saturated carbocycles. The third-order valence-electron chi connectivity index (χ3n) is 3.53. The fraction of sp³-hybridized carbons (Fsp3) is 0.211. The van der Waals surface area contributed by atoms with Gasteiger partial charge in [-0.3, -0.25) is 0 Å². The number of oxazole rings is 1. The summed E-state index contributed by atoms with van der Waals surface area (Å²) in [6.07, 6.45) is 0.805. The second-order valence-electron chi connectivity index (χ2n) is 5.57. The lowest BCUT2D eigenvalue weighted by Gasteiger charge is -2.05. The van der Waals surface area contributed by atoms with Crippen LogP contribution < -0.4 is 0 Å². The highest BCUT2D eigenvalue weighted by Gasteiger charge is 2.16. The predicted molar refractivity (Wildman–Crippen MR) is 96.9 cm³/mol. The molecule has 1 aromatic heterocycles. The molecule has 0 fully saturated rings. The Balaban J connectivity index is 0.00000192.